The molecule has 2 aliphatic heterocycles. The van der Waals surface area contributed by atoms with Crippen LogP contribution in [-0.2, 0) is 11.2 Å². The molecule has 0 saturated heterocycles. The van der Waals surface area contributed by atoms with Crippen molar-refractivity contribution in [2.24, 2.45) is 0 Å². The van der Waals surface area contributed by atoms with Gasteiger partial charge in [-0.3, -0.25) is 9.59 Å². The third kappa shape index (κ3) is 1.95. The normalized spacial score (nSPS) is 27.9. The number of aliphatic carboxylic acids is 1. The first-order valence-electron chi connectivity index (χ1n) is 6.29. The van der Waals surface area contributed by atoms with Crippen molar-refractivity contribution in [1.82, 2.24) is 0 Å². The summed E-state index contributed by atoms with van der Waals surface area (Å²) in [5.74, 6) is 0.151. The number of ketones is 1. The molecule has 1 N–H and O–H groups in total. The van der Waals surface area contributed by atoms with E-state index in [1.807, 2.05) is 0 Å². The fourth-order valence-electron chi connectivity index (χ4n) is 2.55. The molecule has 2 atom stereocenters. The minimum atomic E-state index is -1.02. The predicted molar refractivity (Wildman–Crippen MR) is 73.7 cm³/mol. The van der Waals surface area contributed by atoms with Crippen LogP contribution in [0.15, 0.2) is 12.1 Å². The molecule has 0 saturated carbocycles. The van der Waals surface area contributed by atoms with Crippen LogP contribution < -0.4 is 9.47 Å². The Morgan fingerprint density at radius 3 is 2.70 bits per heavy atom. The van der Waals surface area contributed by atoms with Gasteiger partial charge in [-0.2, -0.15) is 0 Å². The number of thioether (sulfide) groups is 1. The smallest absolute Gasteiger partial charge is 0.319 e. The molecule has 3 rings (SSSR count). The molecule has 2 heterocycles. The van der Waals surface area contributed by atoms with Gasteiger partial charge in [0.15, 0.2) is 17.3 Å². The SMILES string of the molecule is C[C@H]1S[C@](C)(C(=O)O)Cc2cc3c(cc2C1=O)OCO3. The van der Waals surface area contributed by atoms with Gasteiger partial charge in [0.2, 0.25) is 6.79 Å². The summed E-state index contributed by atoms with van der Waals surface area (Å²) in [6, 6.07) is 3.40. The van der Waals surface area contributed by atoms with Gasteiger partial charge in [0.25, 0.3) is 0 Å². The van der Waals surface area contributed by atoms with E-state index in [0.717, 1.165) is 0 Å². The Morgan fingerprint density at radius 2 is 2.05 bits per heavy atom. The Kier molecular flexibility index (Phi) is 2.93. The summed E-state index contributed by atoms with van der Waals surface area (Å²) in [4.78, 5) is 24.0. The van der Waals surface area contributed by atoms with E-state index in [9.17, 15) is 14.7 Å². The molecule has 6 heteroatoms. The lowest BCUT2D eigenvalue weighted by Gasteiger charge is -2.23. The number of ether oxygens (including phenoxy) is 2. The minimum Gasteiger partial charge on any atom is -0.480 e. The standard InChI is InChI=1S/C14H14O5S/c1-7-12(15)9-4-11-10(18-6-19-11)3-8(9)5-14(2,20-7)13(16)17/h3-4,7H,5-6H2,1-2H3,(H,16,17)/t7-,14+/m1/s1. The maximum atomic E-state index is 12.4. The van der Waals surface area contributed by atoms with Crippen molar-refractivity contribution in [2.75, 3.05) is 6.79 Å². The monoisotopic (exact) mass is 294 g/mol. The summed E-state index contributed by atoms with van der Waals surface area (Å²) < 4.78 is 9.58. The molecular formula is C14H14O5S. The van der Waals surface area contributed by atoms with Crippen LogP contribution in [0.2, 0.25) is 0 Å². The number of carbonyl (C=O) groups excluding carboxylic acids is 1. The molecule has 0 bridgehead atoms. The Morgan fingerprint density at radius 1 is 1.40 bits per heavy atom. The van der Waals surface area contributed by atoms with Crippen molar-refractivity contribution in [1.29, 1.82) is 0 Å². The van der Waals surface area contributed by atoms with Crippen molar-refractivity contribution in [3.8, 4) is 11.5 Å². The summed E-state index contributed by atoms with van der Waals surface area (Å²) >= 11 is 1.19. The molecule has 1 aromatic carbocycles. The van der Waals surface area contributed by atoms with Crippen molar-refractivity contribution >= 4 is 23.5 Å². The van der Waals surface area contributed by atoms with E-state index in [4.69, 9.17) is 9.47 Å². The van der Waals surface area contributed by atoms with E-state index in [1.54, 1.807) is 26.0 Å². The molecule has 106 valence electrons. The van der Waals surface area contributed by atoms with E-state index >= 15 is 0 Å². The van der Waals surface area contributed by atoms with Gasteiger partial charge in [0.05, 0.1) is 5.25 Å². The van der Waals surface area contributed by atoms with Gasteiger partial charge in [0, 0.05) is 5.56 Å². The van der Waals surface area contributed by atoms with Crippen LogP contribution in [0.5, 0.6) is 11.5 Å². The number of fused-ring (bicyclic) bond motifs is 2. The minimum absolute atomic E-state index is 0.0618. The second-order valence-electron chi connectivity index (χ2n) is 5.20. The van der Waals surface area contributed by atoms with Crippen LogP contribution in [0.25, 0.3) is 0 Å². The highest BCUT2D eigenvalue weighted by Gasteiger charge is 2.42. The highest BCUT2D eigenvalue weighted by Crippen LogP contribution is 2.43. The van der Waals surface area contributed by atoms with Gasteiger partial charge >= 0.3 is 5.97 Å². The molecule has 0 aromatic heterocycles. The molecular weight excluding hydrogens is 280 g/mol. The number of carboxylic acid groups (broad SMARTS) is 1. The van der Waals surface area contributed by atoms with E-state index in [2.05, 4.69) is 0 Å². The molecule has 0 spiro atoms. The lowest BCUT2D eigenvalue weighted by atomic mass is 9.93. The van der Waals surface area contributed by atoms with Crippen molar-refractivity contribution < 1.29 is 24.2 Å². The predicted octanol–water partition coefficient (Wildman–Crippen LogP) is 2.12. The van der Waals surface area contributed by atoms with Crippen molar-refractivity contribution in [3.05, 3.63) is 23.3 Å². The van der Waals surface area contributed by atoms with Crippen molar-refractivity contribution in [2.45, 2.75) is 30.3 Å². The summed E-state index contributed by atoms with van der Waals surface area (Å²) in [6.45, 7) is 3.53. The maximum Gasteiger partial charge on any atom is 0.319 e. The highest BCUT2D eigenvalue weighted by atomic mass is 32.2. The maximum absolute atomic E-state index is 12.4. The molecule has 20 heavy (non-hydrogen) atoms. The zero-order valence-electron chi connectivity index (χ0n) is 11.1. The van der Waals surface area contributed by atoms with Crippen LogP contribution in [-0.4, -0.2) is 33.6 Å². The number of rotatable bonds is 1. The summed E-state index contributed by atoms with van der Waals surface area (Å²) in [6.07, 6.45) is 0.287. The third-order valence-electron chi connectivity index (χ3n) is 3.65. The zero-order chi connectivity index (χ0) is 14.5. The Balaban J connectivity index is 2.14. The van der Waals surface area contributed by atoms with Gasteiger partial charge in [-0.1, -0.05) is 0 Å². The fourth-order valence-corrected chi connectivity index (χ4v) is 3.91. The van der Waals surface area contributed by atoms with Crippen LogP contribution in [0.4, 0.5) is 0 Å². The first kappa shape index (κ1) is 13.3. The average Bonchev–Trinajstić information content (AvgIpc) is 2.79. The molecule has 5 nitrogen and oxygen atoms in total. The molecule has 0 radical (unpaired) electrons. The topological polar surface area (TPSA) is 72.8 Å². The van der Waals surface area contributed by atoms with Crippen molar-refractivity contribution in [3.63, 3.8) is 0 Å². The van der Waals surface area contributed by atoms with Gasteiger partial charge in [0.1, 0.15) is 4.75 Å². The van der Waals surface area contributed by atoms with E-state index in [1.165, 1.54) is 11.8 Å². The lowest BCUT2D eigenvalue weighted by molar-refractivity contribution is -0.139. The highest BCUT2D eigenvalue weighted by molar-refractivity contribution is 8.02. The van der Waals surface area contributed by atoms with Gasteiger partial charge < -0.3 is 14.6 Å². The van der Waals surface area contributed by atoms with E-state index in [-0.39, 0.29) is 19.0 Å². The molecule has 0 unspecified atom stereocenters. The summed E-state index contributed by atoms with van der Waals surface area (Å²) in [5, 5.41) is 9.05. The van der Waals surface area contributed by atoms with Gasteiger partial charge in [-0.15, -0.1) is 11.8 Å². The van der Waals surface area contributed by atoms with E-state index in [0.29, 0.717) is 22.6 Å². The molecule has 2 aliphatic rings. The van der Waals surface area contributed by atoms with Crippen LogP contribution in [0, 0.1) is 0 Å². The lowest BCUT2D eigenvalue weighted by Crippen LogP contribution is -2.35. The van der Waals surface area contributed by atoms with Gasteiger partial charge in [-0.05, 0) is 38.0 Å². The van der Waals surface area contributed by atoms with Crippen LogP contribution in [0.3, 0.4) is 0 Å². The second kappa shape index (κ2) is 4.41. The Labute approximate surface area is 120 Å². The Bertz CT molecular complexity index is 612. The second-order valence-corrected chi connectivity index (χ2v) is 7.04. The zero-order valence-corrected chi connectivity index (χ0v) is 12.0. The summed E-state index contributed by atoms with van der Waals surface area (Å²) in [7, 11) is 0. The number of hydrogen-bond donors (Lipinski definition) is 1. The van der Waals surface area contributed by atoms with E-state index < -0.39 is 16.0 Å². The third-order valence-corrected chi connectivity index (χ3v) is 5.06. The molecule has 0 amide bonds. The molecule has 0 fully saturated rings. The quantitative estimate of drug-likeness (QED) is 0.855. The number of hydrogen-bond acceptors (Lipinski definition) is 5. The number of carbonyl (C=O) groups is 2. The number of carboxylic acids is 1. The van der Waals surface area contributed by atoms with Crippen LogP contribution >= 0.6 is 11.8 Å². The Hall–Kier alpha value is -1.69. The first-order chi connectivity index (χ1) is 9.40. The number of benzene rings is 1. The fraction of sp³-hybridized carbons (Fsp3) is 0.429. The molecule has 0 aliphatic carbocycles. The van der Waals surface area contributed by atoms with Gasteiger partial charge in [-0.25, -0.2) is 0 Å². The number of Topliss-reactive ketones (excluding diaryl/α,β-unsaturated/α-hetero) is 1. The first-order valence-corrected chi connectivity index (χ1v) is 7.16. The van der Waals surface area contributed by atoms with Crippen LogP contribution in [0.1, 0.15) is 29.8 Å². The summed E-state index contributed by atoms with van der Waals surface area (Å²) in [5.41, 5.74) is 1.25. The average molecular weight is 294 g/mol. The molecule has 1 aromatic rings. The largest absolute Gasteiger partial charge is 0.480 e.